The summed E-state index contributed by atoms with van der Waals surface area (Å²) in [6.45, 7) is 8.30. The molecule has 0 saturated heterocycles. The summed E-state index contributed by atoms with van der Waals surface area (Å²) in [5.74, 6) is -0.290. The molecule has 0 heterocycles. The van der Waals surface area contributed by atoms with E-state index in [1.54, 1.807) is 13.8 Å². The highest BCUT2D eigenvalue weighted by Gasteiger charge is 2.28. The van der Waals surface area contributed by atoms with Gasteiger partial charge in [0, 0.05) is 0 Å². The Labute approximate surface area is 105 Å². The van der Waals surface area contributed by atoms with E-state index >= 15 is 0 Å². The van der Waals surface area contributed by atoms with E-state index in [1.807, 2.05) is 0 Å². The fraction of sp³-hybridized carbons (Fsp3) is 0.923. The van der Waals surface area contributed by atoms with Crippen LogP contribution in [0.2, 0.25) is 0 Å². The van der Waals surface area contributed by atoms with E-state index in [4.69, 9.17) is 10.5 Å². The monoisotopic (exact) mass is 244 g/mol. The molecule has 4 nitrogen and oxygen atoms in total. The van der Waals surface area contributed by atoms with Crippen LogP contribution in [0.4, 0.5) is 0 Å². The van der Waals surface area contributed by atoms with Crippen LogP contribution in [0.25, 0.3) is 0 Å². The third kappa shape index (κ3) is 7.34. The van der Waals surface area contributed by atoms with E-state index in [2.05, 4.69) is 18.9 Å². The van der Waals surface area contributed by atoms with Gasteiger partial charge in [0.2, 0.25) is 0 Å². The normalized spacial score (nSPS) is 14.7. The summed E-state index contributed by atoms with van der Waals surface area (Å²) in [6, 6.07) is 0. The Morgan fingerprint density at radius 3 is 2.47 bits per heavy atom. The fourth-order valence-corrected chi connectivity index (χ4v) is 1.77. The topological polar surface area (TPSA) is 55.6 Å². The quantitative estimate of drug-likeness (QED) is 0.496. The van der Waals surface area contributed by atoms with Gasteiger partial charge in [0.15, 0.2) is 0 Å². The van der Waals surface area contributed by atoms with Gasteiger partial charge >= 0.3 is 5.97 Å². The summed E-state index contributed by atoms with van der Waals surface area (Å²) in [4.78, 5) is 13.8. The number of esters is 1. The van der Waals surface area contributed by atoms with Gasteiger partial charge in [-0.15, -0.1) is 0 Å². The van der Waals surface area contributed by atoms with Crippen molar-refractivity contribution in [1.82, 2.24) is 4.90 Å². The van der Waals surface area contributed by atoms with Crippen LogP contribution in [0, 0.1) is 0 Å². The second-order valence-corrected chi connectivity index (χ2v) is 4.90. The van der Waals surface area contributed by atoms with Crippen LogP contribution in [0.1, 0.15) is 46.5 Å². The number of rotatable bonds is 9. The maximum Gasteiger partial charge on any atom is 0.325 e. The molecule has 0 aromatic rings. The van der Waals surface area contributed by atoms with Crippen molar-refractivity contribution in [3.63, 3.8) is 0 Å². The Morgan fingerprint density at radius 2 is 1.94 bits per heavy atom. The Bertz CT molecular complexity index is 217. The van der Waals surface area contributed by atoms with Crippen LogP contribution < -0.4 is 5.73 Å². The Balaban J connectivity index is 3.75. The lowest BCUT2D eigenvalue weighted by molar-refractivity contribution is -0.149. The first-order valence-corrected chi connectivity index (χ1v) is 6.58. The van der Waals surface area contributed by atoms with E-state index in [1.165, 1.54) is 6.42 Å². The number of ether oxygens (including phenoxy) is 1. The molecule has 0 aromatic carbocycles. The number of hydrogen-bond acceptors (Lipinski definition) is 4. The van der Waals surface area contributed by atoms with E-state index in [0.717, 1.165) is 25.9 Å². The molecule has 0 fully saturated rings. The molecule has 0 rings (SSSR count). The molecular weight excluding hydrogens is 216 g/mol. The molecule has 0 aliphatic carbocycles. The van der Waals surface area contributed by atoms with Crippen LogP contribution >= 0.6 is 0 Å². The highest BCUT2D eigenvalue weighted by atomic mass is 16.5. The molecule has 0 aliphatic heterocycles. The maximum atomic E-state index is 11.5. The van der Waals surface area contributed by atoms with Crippen LogP contribution in [0.3, 0.4) is 0 Å². The maximum absolute atomic E-state index is 11.5. The standard InChI is InChI=1S/C13H28N2O2/c1-5-10-15(4)11-8-7-9-13(3,14)12(16)17-6-2/h5-11,14H2,1-4H3. The zero-order chi connectivity index (χ0) is 13.3. The molecule has 0 aliphatic rings. The van der Waals surface area contributed by atoms with E-state index in [0.29, 0.717) is 13.0 Å². The first-order chi connectivity index (χ1) is 7.94. The average molecular weight is 244 g/mol. The predicted molar refractivity (Wildman–Crippen MR) is 70.9 cm³/mol. The fourth-order valence-electron chi connectivity index (χ4n) is 1.77. The lowest BCUT2D eigenvalue weighted by atomic mass is 9.96. The molecule has 102 valence electrons. The smallest absolute Gasteiger partial charge is 0.325 e. The zero-order valence-electron chi connectivity index (χ0n) is 11.8. The minimum Gasteiger partial charge on any atom is -0.465 e. The highest BCUT2D eigenvalue weighted by molar-refractivity contribution is 5.79. The molecule has 0 aromatic heterocycles. The molecule has 1 unspecified atom stereocenters. The second kappa shape index (κ2) is 8.48. The molecule has 0 spiro atoms. The highest BCUT2D eigenvalue weighted by Crippen LogP contribution is 2.13. The number of hydrogen-bond donors (Lipinski definition) is 1. The molecule has 17 heavy (non-hydrogen) atoms. The van der Waals surface area contributed by atoms with Gasteiger partial charge in [-0.05, 0) is 59.7 Å². The van der Waals surface area contributed by atoms with Crippen molar-refractivity contribution in [2.45, 2.75) is 52.0 Å². The first kappa shape index (κ1) is 16.4. The van der Waals surface area contributed by atoms with Crippen LogP contribution in [0.15, 0.2) is 0 Å². The number of carbonyl (C=O) groups excluding carboxylic acids is 1. The summed E-state index contributed by atoms with van der Waals surface area (Å²) in [6.07, 6.45) is 3.89. The first-order valence-electron chi connectivity index (χ1n) is 6.58. The Kier molecular flexibility index (Phi) is 8.17. The van der Waals surface area contributed by atoms with Crippen LogP contribution in [-0.2, 0) is 9.53 Å². The van der Waals surface area contributed by atoms with Gasteiger partial charge in [-0.3, -0.25) is 4.79 Å². The van der Waals surface area contributed by atoms with Crippen molar-refractivity contribution in [2.75, 3.05) is 26.7 Å². The van der Waals surface area contributed by atoms with Crippen molar-refractivity contribution >= 4 is 5.97 Å². The zero-order valence-corrected chi connectivity index (χ0v) is 11.8. The number of nitrogens with two attached hydrogens (primary N) is 1. The molecule has 2 N–H and O–H groups in total. The Hall–Kier alpha value is -0.610. The lowest BCUT2D eigenvalue weighted by Gasteiger charge is -2.22. The molecule has 0 radical (unpaired) electrons. The van der Waals surface area contributed by atoms with Gasteiger partial charge in [0.25, 0.3) is 0 Å². The van der Waals surface area contributed by atoms with Crippen molar-refractivity contribution in [2.24, 2.45) is 5.73 Å². The van der Waals surface area contributed by atoms with E-state index in [-0.39, 0.29) is 5.97 Å². The van der Waals surface area contributed by atoms with Gasteiger partial charge in [0.1, 0.15) is 5.54 Å². The number of unbranched alkanes of at least 4 members (excludes halogenated alkanes) is 1. The van der Waals surface area contributed by atoms with E-state index < -0.39 is 5.54 Å². The minimum absolute atomic E-state index is 0.290. The summed E-state index contributed by atoms with van der Waals surface area (Å²) >= 11 is 0. The molecule has 0 amide bonds. The number of nitrogens with zero attached hydrogens (tertiary/aromatic N) is 1. The van der Waals surface area contributed by atoms with Crippen molar-refractivity contribution < 1.29 is 9.53 Å². The van der Waals surface area contributed by atoms with Crippen LogP contribution in [-0.4, -0.2) is 43.2 Å². The van der Waals surface area contributed by atoms with Gasteiger partial charge in [-0.2, -0.15) is 0 Å². The van der Waals surface area contributed by atoms with Gasteiger partial charge < -0.3 is 15.4 Å². The van der Waals surface area contributed by atoms with Crippen molar-refractivity contribution in [3.05, 3.63) is 0 Å². The molecule has 0 saturated carbocycles. The summed E-state index contributed by atoms with van der Waals surface area (Å²) in [7, 11) is 2.12. The third-order valence-corrected chi connectivity index (χ3v) is 2.83. The molecule has 1 atom stereocenters. The molecule has 0 bridgehead atoms. The van der Waals surface area contributed by atoms with Gasteiger partial charge in [0.05, 0.1) is 6.61 Å². The van der Waals surface area contributed by atoms with Gasteiger partial charge in [-0.25, -0.2) is 0 Å². The summed E-state index contributed by atoms with van der Waals surface area (Å²) < 4.78 is 4.95. The third-order valence-electron chi connectivity index (χ3n) is 2.83. The lowest BCUT2D eigenvalue weighted by Crippen LogP contribution is -2.46. The van der Waals surface area contributed by atoms with Crippen molar-refractivity contribution in [1.29, 1.82) is 0 Å². The summed E-state index contributed by atoms with van der Waals surface area (Å²) in [5, 5.41) is 0. The SMILES string of the molecule is CCCN(C)CCCCC(C)(N)C(=O)OCC. The number of carbonyl (C=O) groups is 1. The Morgan fingerprint density at radius 1 is 1.29 bits per heavy atom. The summed E-state index contributed by atoms with van der Waals surface area (Å²) in [5.41, 5.74) is 5.10. The van der Waals surface area contributed by atoms with E-state index in [9.17, 15) is 4.79 Å². The van der Waals surface area contributed by atoms with Crippen molar-refractivity contribution in [3.8, 4) is 0 Å². The second-order valence-electron chi connectivity index (χ2n) is 4.90. The van der Waals surface area contributed by atoms with Gasteiger partial charge in [-0.1, -0.05) is 6.92 Å². The molecular formula is C13H28N2O2. The molecule has 4 heteroatoms. The predicted octanol–water partition coefficient (Wildman–Crippen LogP) is 1.78. The van der Waals surface area contributed by atoms with Crippen LogP contribution in [0.5, 0.6) is 0 Å². The average Bonchev–Trinajstić information content (AvgIpc) is 2.25. The largest absolute Gasteiger partial charge is 0.465 e. The minimum atomic E-state index is -0.834.